The summed E-state index contributed by atoms with van der Waals surface area (Å²) in [7, 11) is 4.51. The first-order valence-corrected chi connectivity index (χ1v) is 7.70. The lowest BCUT2D eigenvalue weighted by Crippen LogP contribution is -2.56. The van der Waals surface area contributed by atoms with E-state index in [9.17, 15) is 0 Å². The fraction of sp³-hybridized carbons (Fsp3) is 1.00. The van der Waals surface area contributed by atoms with Gasteiger partial charge in [-0.25, -0.2) is 0 Å². The van der Waals surface area contributed by atoms with Crippen LogP contribution < -0.4 is 5.32 Å². The summed E-state index contributed by atoms with van der Waals surface area (Å²) in [6.45, 7) is 9.62. The van der Waals surface area contributed by atoms with Crippen molar-refractivity contribution < 1.29 is 0 Å². The summed E-state index contributed by atoms with van der Waals surface area (Å²) in [5.74, 6) is 1.70. The molecule has 0 aromatic heterocycles. The van der Waals surface area contributed by atoms with Crippen LogP contribution in [0.4, 0.5) is 0 Å². The van der Waals surface area contributed by atoms with Crippen molar-refractivity contribution in [2.45, 2.75) is 45.2 Å². The van der Waals surface area contributed by atoms with Crippen LogP contribution in [-0.2, 0) is 0 Å². The van der Waals surface area contributed by atoms with E-state index < -0.39 is 0 Å². The van der Waals surface area contributed by atoms with Crippen molar-refractivity contribution in [2.24, 2.45) is 11.8 Å². The van der Waals surface area contributed by atoms with Gasteiger partial charge in [0.05, 0.1) is 0 Å². The lowest BCUT2D eigenvalue weighted by Gasteiger charge is -2.41. The van der Waals surface area contributed by atoms with Crippen molar-refractivity contribution in [3.8, 4) is 0 Å². The van der Waals surface area contributed by atoms with Crippen LogP contribution in [0.25, 0.3) is 0 Å². The van der Waals surface area contributed by atoms with Gasteiger partial charge in [0.25, 0.3) is 0 Å². The van der Waals surface area contributed by atoms with Crippen LogP contribution in [0.15, 0.2) is 0 Å². The normalized spacial score (nSPS) is 40.0. The zero-order valence-electron chi connectivity index (χ0n) is 12.7. The first-order valence-electron chi connectivity index (χ1n) is 7.70. The molecule has 2 rings (SSSR count). The first-order chi connectivity index (χ1) is 8.58. The Hall–Kier alpha value is -0.120. The topological polar surface area (TPSA) is 18.5 Å². The standard InChI is InChI=1S/C15H31N3/c1-12-6-5-7-13(2)15(12)16-10-14-11-17(3)8-9-18(14)4/h12-16H,5-11H2,1-4H3. The lowest BCUT2D eigenvalue weighted by atomic mass is 9.78. The minimum Gasteiger partial charge on any atom is -0.312 e. The van der Waals surface area contributed by atoms with Gasteiger partial charge in [-0.3, -0.25) is 4.90 Å². The zero-order chi connectivity index (χ0) is 13.1. The van der Waals surface area contributed by atoms with E-state index in [0.29, 0.717) is 6.04 Å². The van der Waals surface area contributed by atoms with Crippen molar-refractivity contribution >= 4 is 0 Å². The maximum atomic E-state index is 3.87. The first kappa shape index (κ1) is 14.3. The maximum Gasteiger partial charge on any atom is 0.0345 e. The molecule has 106 valence electrons. The third-order valence-corrected chi connectivity index (χ3v) is 5.11. The molecule has 1 saturated carbocycles. The Bertz CT molecular complexity index is 246. The van der Waals surface area contributed by atoms with Crippen LogP contribution in [-0.4, -0.2) is 62.2 Å². The highest BCUT2D eigenvalue weighted by Crippen LogP contribution is 2.28. The Morgan fingerprint density at radius 1 is 1.06 bits per heavy atom. The van der Waals surface area contributed by atoms with Gasteiger partial charge in [0.2, 0.25) is 0 Å². The van der Waals surface area contributed by atoms with Gasteiger partial charge in [-0.1, -0.05) is 20.3 Å². The summed E-state index contributed by atoms with van der Waals surface area (Å²) < 4.78 is 0. The van der Waals surface area contributed by atoms with E-state index in [0.717, 1.165) is 24.4 Å². The molecule has 0 amide bonds. The van der Waals surface area contributed by atoms with Crippen molar-refractivity contribution in [2.75, 3.05) is 40.3 Å². The minimum absolute atomic E-state index is 0.685. The molecule has 3 atom stereocenters. The molecule has 0 aromatic rings. The van der Waals surface area contributed by atoms with Crippen molar-refractivity contribution in [3.05, 3.63) is 0 Å². The Morgan fingerprint density at radius 3 is 2.39 bits per heavy atom. The minimum atomic E-state index is 0.685. The molecule has 3 nitrogen and oxygen atoms in total. The Labute approximate surface area is 113 Å². The van der Waals surface area contributed by atoms with Gasteiger partial charge in [-0.15, -0.1) is 0 Å². The van der Waals surface area contributed by atoms with Crippen LogP contribution in [0.3, 0.4) is 0 Å². The summed E-state index contributed by atoms with van der Waals surface area (Å²) in [5.41, 5.74) is 0. The quantitative estimate of drug-likeness (QED) is 0.825. The van der Waals surface area contributed by atoms with E-state index in [1.54, 1.807) is 0 Å². The predicted molar refractivity (Wildman–Crippen MR) is 77.9 cm³/mol. The van der Waals surface area contributed by atoms with Gasteiger partial charge >= 0.3 is 0 Å². The molecule has 0 aromatic carbocycles. The SMILES string of the molecule is CC1CCCC(C)C1NCC1CN(C)CCN1C. The number of likely N-dealkylation sites (N-methyl/N-ethyl adjacent to an activating group) is 2. The van der Waals surface area contributed by atoms with Crippen LogP contribution >= 0.6 is 0 Å². The number of hydrogen-bond acceptors (Lipinski definition) is 3. The summed E-state index contributed by atoms with van der Waals surface area (Å²) >= 11 is 0. The summed E-state index contributed by atoms with van der Waals surface area (Å²) in [4.78, 5) is 4.98. The smallest absolute Gasteiger partial charge is 0.0345 e. The summed E-state index contributed by atoms with van der Waals surface area (Å²) in [5, 5.41) is 3.87. The van der Waals surface area contributed by atoms with Gasteiger partial charge in [-0.2, -0.15) is 0 Å². The van der Waals surface area contributed by atoms with E-state index >= 15 is 0 Å². The fourth-order valence-electron chi connectivity index (χ4n) is 3.68. The monoisotopic (exact) mass is 253 g/mol. The van der Waals surface area contributed by atoms with Gasteiger partial charge in [-0.05, 0) is 38.8 Å². The van der Waals surface area contributed by atoms with Crippen LogP contribution in [0.2, 0.25) is 0 Å². The highest BCUT2D eigenvalue weighted by atomic mass is 15.3. The van der Waals surface area contributed by atoms with E-state index in [4.69, 9.17) is 0 Å². The Balaban J connectivity index is 1.82. The zero-order valence-corrected chi connectivity index (χ0v) is 12.7. The average molecular weight is 253 g/mol. The van der Waals surface area contributed by atoms with Gasteiger partial charge in [0.15, 0.2) is 0 Å². The van der Waals surface area contributed by atoms with E-state index in [-0.39, 0.29) is 0 Å². The molecule has 1 aliphatic heterocycles. The van der Waals surface area contributed by atoms with Crippen LogP contribution in [0, 0.1) is 11.8 Å². The van der Waals surface area contributed by atoms with Crippen LogP contribution in [0.5, 0.6) is 0 Å². The van der Waals surface area contributed by atoms with Crippen molar-refractivity contribution in [1.29, 1.82) is 0 Å². The Kier molecular flexibility index (Phi) is 5.05. The second-order valence-electron chi connectivity index (χ2n) is 6.72. The average Bonchev–Trinajstić information content (AvgIpc) is 2.33. The molecule has 0 radical (unpaired) electrons. The number of piperazine rings is 1. The highest BCUT2D eigenvalue weighted by molar-refractivity contribution is 4.87. The molecule has 1 saturated heterocycles. The third kappa shape index (κ3) is 3.46. The molecule has 3 heteroatoms. The largest absolute Gasteiger partial charge is 0.312 e. The van der Waals surface area contributed by atoms with E-state index in [2.05, 4.69) is 43.1 Å². The molecular weight excluding hydrogens is 222 g/mol. The van der Waals surface area contributed by atoms with Crippen LogP contribution in [0.1, 0.15) is 33.1 Å². The highest BCUT2D eigenvalue weighted by Gasteiger charge is 2.29. The van der Waals surface area contributed by atoms with Crippen molar-refractivity contribution in [3.63, 3.8) is 0 Å². The van der Waals surface area contributed by atoms with E-state index in [1.807, 2.05) is 0 Å². The molecule has 0 bridgehead atoms. The molecule has 3 unspecified atom stereocenters. The second-order valence-corrected chi connectivity index (χ2v) is 6.72. The molecular formula is C15H31N3. The summed E-state index contributed by atoms with van der Waals surface area (Å²) in [6, 6.07) is 1.42. The molecule has 1 aliphatic carbocycles. The third-order valence-electron chi connectivity index (χ3n) is 5.11. The lowest BCUT2D eigenvalue weighted by molar-refractivity contribution is 0.102. The van der Waals surface area contributed by atoms with Gasteiger partial charge in [0, 0.05) is 38.3 Å². The van der Waals surface area contributed by atoms with Crippen molar-refractivity contribution in [1.82, 2.24) is 15.1 Å². The maximum absolute atomic E-state index is 3.87. The summed E-state index contributed by atoms with van der Waals surface area (Å²) in [6.07, 6.45) is 4.23. The van der Waals surface area contributed by atoms with E-state index in [1.165, 1.54) is 38.9 Å². The molecule has 2 aliphatic rings. The Morgan fingerprint density at radius 2 is 1.72 bits per heavy atom. The molecule has 0 spiro atoms. The molecule has 2 fully saturated rings. The molecule has 18 heavy (non-hydrogen) atoms. The molecule has 1 N–H and O–H groups in total. The van der Waals surface area contributed by atoms with Gasteiger partial charge in [0.1, 0.15) is 0 Å². The molecule has 1 heterocycles. The second kappa shape index (κ2) is 6.36. The predicted octanol–water partition coefficient (Wildman–Crippen LogP) is 1.65. The van der Waals surface area contributed by atoms with Gasteiger partial charge < -0.3 is 10.2 Å². The number of hydrogen-bond donors (Lipinski definition) is 1. The fourth-order valence-corrected chi connectivity index (χ4v) is 3.68. The number of nitrogens with zero attached hydrogens (tertiary/aromatic N) is 2. The number of nitrogens with one attached hydrogen (secondary N) is 1. The number of rotatable bonds is 3.